The summed E-state index contributed by atoms with van der Waals surface area (Å²) in [4.78, 5) is 59.1. The van der Waals surface area contributed by atoms with Crippen LogP contribution in [0, 0.1) is 13.8 Å². The lowest BCUT2D eigenvalue weighted by Crippen LogP contribution is -2.31. The summed E-state index contributed by atoms with van der Waals surface area (Å²) in [6.45, 7) is 14.1. The number of nitrogens with zero attached hydrogens (tertiary/aromatic N) is 2. The van der Waals surface area contributed by atoms with Gasteiger partial charge in [-0.2, -0.15) is 0 Å². The molecule has 10 heteroatoms. The molecule has 232 valence electrons. The number of aldehydes is 1. The van der Waals surface area contributed by atoms with Crippen LogP contribution in [0.1, 0.15) is 94.6 Å². The lowest BCUT2D eigenvalue weighted by Gasteiger charge is -2.19. The van der Waals surface area contributed by atoms with Crippen LogP contribution < -0.4 is 11.1 Å². The molecule has 2 rings (SSSR count). The second kappa shape index (κ2) is 19.2. The van der Waals surface area contributed by atoms with Crippen molar-refractivity contribution in [3.63, 3.8) is 0 Å². The van der Waals surface area contributed by atoms with E-state index in [1.165, 1.54) is 21.3 Å². The number of hydrogen-bond donors (Lipinski definition) is 0. The Balaban J connectivity index is 0.000000422. The van der Waals surface area contributed by atoms with Gasteiger partial charge in [-0.05, 0) is 75.8 Å². The zero-order valence-corrected chi connectivity index (χ0v) is 26.0. The van der Waals surface area contributed by atoms with Crippen LogP contribution in [0.25, 0.3) is 6.08 Å². The Hall–Kier alpha value is -3.95. The molecule has 0 aliphatic carbocycles. The second-order valence-electron chi connectivity index (χ2n) is 9.63. The number of esters is 2. The first-order valence-electron chi connectivity index (χ1n) is 14.6. The third kappa shape index (κ3) is 10.8. The molecule has 0 radical (unpaired) electrons. The molecule has 0 spiro atoms. The van der Waals surface area contributed by atoms with Crippen LogP contribution in [0.2, 0.25) is 0 Å². The molecule has 2 heterocycles. The first-order chi connectivity index (χ1) is 20.1. The van der Waals surface area contributed by atoms with Crippen LogP contribution >= 0.6 is 0 Å². The Morgan fingerprint density at radius 3 is 1.74 bits per heavy atom. The van der Waals surface area contributed by atoms with Gasteiger partial charge in [-0.25, -0.2) is 9.59 Å². The fourth-order valence-corrected chi connectivity index (χ4v) is 4.29. The minimum absolute atomic E-state index is 0.197. The average molecular weight is 587 g/mol. The molecule has 0 aliphatic rings. The van der Waals surface area contributed by atoms with E-state index in [2.05, 4.69) is 0 Å². The fraction of sp³-hybridized carbons (Fsp3) is 0.531. The molecule has 0 saturated heterocycles. The predicted molar refractivity (Wildman–Crippen MR) is 162 cm³/mol. The van der Waals surface area contributed by atoms with Gasteiger partial charge in [0.15, 0.2) is 0 Å². The SMILES string of the molecule is CCCC(C(=O)OCC)n1cc(/C=C/OCC)c(C)cc1=O.CCCC(C(=O)OCC)n1cc(CC=O)c(C)cc1=O. The van der Waals surface area contributed by atoms with Gasteiger partial charge in [-0.1, -0.05) is 26.7 Å². The van der Waals surface area contributed by atoms with Crippen molar-refractivity contribution in [3.05, 3.63) is 73.7 Å². The summed E-state index contributed by atoms with van der Waals surface area (Å²) in [5.41, 5.74) is 2.76. The van der Waals surface area contributed by atoms with Crippen molar-refractivity contribution < 1.29 is 28.6 Å². The number of carbonyl (C=O) groups is 3. The molecule has 0 bridgehead atoms. The van der Waals surface area contributed by atoms with Crippen LogP contribution in [0.5, 0.6) is 0 Å². The van der Waals surface area contributed by atoms with Gasteiger partial charge < -0.3 is 28.1 Å². The molecule has 2 aromatic heterocycles. The van der Waals surface area contributed by atoms with E-state index in [0.29, 0.717) is 26.1 Å². The van der Waals surface area contributed by atoms with E-state index in [9.17, 15) is 24.0 Å². The number of carbonyl (C=O) groups excluding carboxylic acids is 3. The quantitative estimate of drug-likeness (QED) is 0.165. The molecule has 2 aromatic rings. The molecule has 0 N–H and O–H groups in total. The molecule has 42 heavy (non-hydrogen) atoms. The molecule has 2 unspecified atom stereocenters. The highest BCUT2D eigenvalue weighted by Gasteiger charge is 2.23. The molecule has 0 saturated carbocycles. The van der Waals surface area contributed by atoms with Gasteiger partial charge >= 0.3 is 11.9 Å². The van der Waals surface area contributed by atoms with Gasteiger partial charge in [0.1, 0.15) is 18.4 Å². The van der Waals surface area contributed by atoms with E-state index >= 15 is 0 Å². The van der Waals surface area contributed by atoms with Crippen LogP contribution in [-0.4, -0.2) is 47.2 Å². The monoisotopic (exact) mass is 586 g/mol. The van der Waals surface area contributed by atoms with Crippen molar-refractivity contribution in [2.45, 2.75) is 92.7 Å². The smallest absolute Gasteiger partial charge is 0.329 e. The van der Waals surface area contributed by atoms with Crippen molar-refractivity contribution in [1.82, 2.24) is 9.13 Å². The van der Waals surface area contributed by atoms with E-state index in [0.717, 1.165) is 41.4 Å². The maximum absolute atomic E-state index is 12.2. The van der Waals surface area contributed by atoms with Crippen molar-refractivity contribution in [2.75, 3.05) is 19.8 Å². The van der Waals surface area contributed by atoms with Crippen molar-refractivity contribution in [1.29, 1.82) is 0 Å². The summed E-state index contributed by atoms with van der Waals surface area (Å²) in [6, 6.07) is 1.78. The largest absolute Gasteiger partial charge is 0.501 e. The number of rotatable bonds is 15. The van der Waals surface area contributed by atoms with Crippen molar-refractivity contribution in [2.24, 2.45) is 0 Å². The standard InChI is InChI=1S/C17H25NO4.C15H21NO4/c1-5-8-15(17(20)22-7-3)18-12-14(9-10-21-6-2)13(4)11-16(18)19;1-4-6-13(15(19)20-5-2)16-10-12(7-8-17)11(3)9-14(16)18/h9-12,15H,5-8H2,1-4H3;8-10,13H,4-7H2,1-3H3/b10-9+;. The van der Waals surface area contributed by atoms with Crippen molar-refractivity contribution in [3.8, 4) is 0 Å². The van der Waals surface area contributed by atoms with Crippen molar-refractivity contribution >= 4 is 24.3 Å². The molecule has 0 aromatic carbocycles. The number of aryl methyl sites for hydroxylation is 2. The van der Waals surface area contributed by atoms with Gasteiger partial charge in [0, 0.05) is 30.9 Å². The number of ether oxygens (including phenoxy) is 3. The van der Waals surface area contributed by atoms with Crippen LogP contribution in [0.15, 0.2) is 40.4 Å². The topological polar surface area (TPSA) is 123 Å². The zero-order chi connectivity index (χ0) is 31.7. The molecular formula is C32H46N2O8. The Morgan fingerprint density at radius 2 is 1.29 bits per heavy atom. The highest BCUT2D eigenvalue weighted by molar-refractivity contribution is 5.74. The maximum Gasteiger partial charge on any atom is 0.329 e. The second-order valence-corrected chi connectivity index (χ2v) is 9.63. The van der Waals surface area contributed by atoms with Crippen LogP contribution in [-0.2, 0) is 35.0 Å². The Bertz CT molecular complexity index is 1310. The number of hydrogen-bond acceptors (Lipinski definition) is 8. The molecular weight excluding hydrogens is 540 g/mol. The minimum atomic E-state index is -0.626. The van der Waals surface area contributed by atoms with Gasteiger partial charge in [-0.3, -0.25) is 9.59 Å². The first kappa shape index (κ1) is 36.1. The first-order valence-corrected chi connectivity index (χ1v) is 14.6. The highest BCUT2D eigenvalue weighted by Crippen LogP contribution is 2.18. The molecule has 0 amide bonds. The summed E-state index contributed by atoms with van der Waals surface area (Å²) in [6.07, 6.45) is 10.3. The van der Waals surface area contributed by atoms with Gasteiger partial charge in [-0.15, -0.1) is 0 Å². The molecule has 2 atom stereocenters. The third-order valence-electron chi connectivity index (χ3n) is 6.45. The normalized spacial score (nSPS) is 12.2. The average Bonchev–Trinajstić information content (AvgIpc) is 2.94. The summed E-state index contributed by atoms with van der Waals surface area (Å²) in [5.74, 6) is -0.771. The zero-order valence-electron chi connectivity index (χ0n) is 26.0. The van der Waals surface area contributed by atoms with Crippen LogP contribution in [0.3, 0.4) is 0 Å². The lowest BCUT2D eigenvalue weighted by atomic mass is 10.1. The van der Waals surface area contributed by atoms with E-state index in [-0.39, 0.29) is 30.1 Å². The fourth-order valence-electron chi connectivity index (χ4n) is 4.29. The third-order valence-corrected chi connectivity index (χ3v) is 6.45. The molecule has 0 fully saturated rings. The van der Waals surface area contributed by atoms with E-state index < -0.39 is 18.1 Å². The summed E-state index contributed by atoms with van der Waals surface area (Å²) in [5, 5.41) is 0. The number of pyridine rings is 2. The highest BCUT2D eigenvalue weighted by atomic mass is 16.5. The maximum atomic E-state index is 12.2. The number of aromatic nitrogens is 2. The lowest BCUT2D eigenvalue weighted by molar-refractivity contribution is -0.148. The van der Waals surface area contributed by atoms with E-state index in [1.807, 2.05) is 27.7 Å². The Kier molecular flexibility index (Phi) is 16.5. The van der Waals surface area contributed by atoms with Gasteiger partial charge in [0.25, 0.3) is 11.1 Å². The van der Waals surface area contributed by atoms with E-state index in [4.69, 9.17) is 14.2 Å². The molecule has 10 nitrogen and oxygen atoms in total. The Morgan fingerprint density at radius 1 is 0.786 bits per heavy atom. The van der Waals surface area contributed by atoms with Gasteiger partial charge in [0.05, 0.1) is 26.1 Å². The summed E-state index contributed by atoms with van der Waals surface area (Å²) >= 11 is 0. The van der Waals surface area contributed by atoms with Gasteiger partial charge in [0.2, 0.25) is 0 Å². The predicted octanol–water partition coefficient (Wildman–Crippen LogP) is 4.87. The summed E-state index contributed by atoms with van der Waals surface area (Å²) in [7, 11) is 0. The van der Waals surface area contributed by atoms with Crippen LogP contribution in [0.4, 0.5) is 0 Å². The molecule has 0 aliphatic heterocycles. The minimum Gasteiger partial charge on any atom is -0.501 e. The van der Waals surface area contributed by atoms with E-state index in [1.54, 1.807) is 45.5 Å². The summed E-state index contributed by atoms with van der Waals surface area (Å²) < 4.78 is 18.2. The Labute approximate surface area is 248 Å².